The molecule has 0 amide bonds. The fraction of sp³-hybridized carbons (Fsp3) is 0.0192. The van der Waals surface area contributed by atoms with Crippen molar-refractivity contribution in [1.82, 2.24) is 15.0 Å². The molecule has 0 saturated heterocycles. The molecule has 2 heterocycles. The van der Waals surface area contributed by atoms with Gasteiger partial charge < -0.3 is 0 Å². The number of hydrogen-bond donors (Lipinski definition) is 0. The first kappa shape index (κ1) is 31.4. The molecule has 8 aromatic carbocycles. The van der Waals surface area contributed by atoms with E-state index in [1.54, 1.807) is 11.3 Å². The van der Waals surface area contributed by atoms with E-state index < -0.39 is 5.41 Å². The van der Waals surface area contributed by atoms with E-state index in [0.717, 1.165) is 22.3 Å². The van der Waals surface area contributed by atoms with Crippen LogP contribution in [0.15, 0.2) is 188 Å². The lowest BCUT2D eigenvalue weighted by atomic mass is 9.68. The zero-order valence-electron chi connectivity index (χ0n) is 30.1. The molecule has 2 aliphatic carbocycles. The fourth-order valence-electron chi connectivity index (χ4n) is 9.59. The first-order valence-electron chi connectivity index (χ1n) is 19.0. The summed E-state index contributed by atoms with van der Waals surface area (Å²) in [6, 6.07) is 67.8. The van der Waals surface area contributed by atoms with E-state index in [4.69, 9.17) is 15.0 Å². The molecule has 0 fully saturated rings. The molecule has 3 nitrogen and oxygen atoms in total. The Kier molecular flexibility index (Phi) is 6.72. The zero-order chi connectivity index (χ0) is 36.8. The average molecular weight is 730 g/mol. The highest BCUT2D eigenvalue weighted by atomic mass is 32.1. The van der Waals surface area contributed by atoms with Crippen molar-refractivity contribution in [3.05, 3.63) is 210 Å². The summed E-state index contributed by atoms with van der Waals surface area (Å²) in [4.78, 5) is 15.9. The predicted octanol–water partition coefficient (Wildman–Crippen LogP) is 13.3. The van der Waals surface area contributed by atoms with Crippen LogP contribution in [0.3, 0.4) is 0 Å². The average Bonchev–Trinajstić information content (AvgIpc) is 3.91. The summed E-state index contributed by atoms with van der Waals surface area (Å²) in [5.74, 6) is 1.96. The monoisotopic (exact) mass is 729 g/mol. The van der Waals surface area contributed by atoms with E-state index in [-0.39, 0.29) is 0 Å². The summed E-state index contributed by atoms with van der Waals surface area (Å²) in [7, 11) is 0. The Morgan fingerprint density at radius 1 is 0.321 bits per heavy atom. The van der Waals surface area contributed by atoms with E-state index in [1.165, 1.54) is 70.2 Å². The number of rotatable bonds is 4. The van der Waals surface area contributed by atoms with Crippen LogP contribution < -0.4 is 0 Å². The van der Waals surface area contributed by atoms with Gasteiger partial charge in [-0.1, -0.05) is 176 Å². The third-order valence-corrected chi connectivity index (χ3v) is 12.9. The maximum Gasteiger partial charge on any atom is 0.164 e. The molecule has 0 radical (unpaired) electrons. The van der Waals surface area contributed by atoms with E-state index in [2.05, 4.69) is 170 Å². The molecule has 4 heteroatoms. The van der Waals surface area contributed by atoms with E-state index in [9.17, 15) is 0 Å². The standard InChI is InChI=1S/C52H31N3S/c1-2-16-32(17-3-1)49-53-50(55-51(54-49)41-26-15-31-46-47(41)40-23-9-13-30-45(40)56-46)39-22-5-4-18-33(39)37-24-14-25-38-36-21-8-12-29-44(36)52(48(37)38)42-27-10-6-19-34(42)35-20-7-11-28-43(35)52/h1-31H. The quantitative estimate of drug-likeness (QED) is 0.181. The number of nitrogens with zero attached hydrogens (tertiary/aromatic N) is 3. The van der Waals surface area contributed by atoms with Crippen molar-refractivity contribution in [2.24, 2.45) is 0 Å². The van der Waals surface area contributed by atoms with Crippen LogP contribution >= 0.6 is 11.3 Å². The third kappa shape index (κ3) is 4.30. The first-order valence-corrected chi connectivity index (χ1v) is 19.9. The lowest BCUT2D eigenvalue weighted by molar-refractivity contribution is 0.796. The summed E-state index contributed by atoms with van der Waals surface area (Å²) < 4.78 is 2.47. The molecule has 2 aromatic heterocycles. The lowest BCUT2D eigenvalue weighted by Gasteiger charge is -2.32. The maximum atomic E-state index is 5.40. The second-order valence-electron chi connectivity index (χ2n) is 14.6. The van der Waals surface area contributed by atoms with Crippen molar-refractivity contribution in [3.63, 3.8) is 0 Å². The number of fused-ring (bicyclic) bond motifs is 13. The zero-order valence-corrected chi connectivity index (χ0v) is 31.0. The van der Waals surface area contributed by atoms with Crippen molar-refractivity contribution in [2.45, 2.75) is 5.41 Å². The summed E-state index contributed by atoms with van der Waals surface area (Å²) in [6.45, 7) is 0. The van der Waals surface area contributed by atoms with Gasteiger partial charge >= 0.3 is 0 Å². The number of benzene rings is 8. The topological polar surface area (TPSA) is 38.7 Å². The smallest absolute Gasteiger partial charge is 0.164 e. The molecule has 0 aliphatic heterocycles. The van der Waals surface area contributed by atoms with Gasteiger partial charge in [-0.3, -0.25) is 0 Å². The molecule has 10 aromatic rings. The third-order valence-electron chi connectivity index (χ3n) is 11.8. The molecule has 1 spiro atoms. The fourth-order valence-corrected chi connectivity index (χ4v) is 10.7. The normalized spacial score (nSPS) is 13.1. The minimum absolute atomic E-state index is 0.488. The van der Waals surface area contributed by atoms with E-state index in [0.29, 0.717) is 17.5 Å². The Bertz CT molecular complexity index is 3150. The van der Waals surface area contributed by atoms with Crippen LogP contribution in [0.5, 0.6) is 0 Å². The lowest BCUT2D eigenvalue weighted by Crippen LogP contribution is -2.26. The van der Waals surface area contributed by atoms with Gasteiger partial charge in [0.05, 0.1) is 5.41 Å². The molecular weight excluding hydrogens is 699 g/mol. The van der Waals surface area contributed by atoms with Crippen LogP contribution in [0.25, 0.3) is 87.7 Å². The number of thiophene rings is 1. The molecule has 12 rings (SSSR count). The van der Waals surface area contributed by atoms with Crippen molar-refractivity contribution in [1.29, 1.82) is 0 Å². The molecular formula is C52H31N3S. The van der Waals surface area contributed by atoms with Gasteiger partial charge in [-0.2, -0.15) is 0 Å². The molecule has 260 valence electrons. The van der Waals surface area contributed by atoms with E-state index in [1.807, 2.05) is 18.2 Å². The van der Waals surface area contributed by atoms with Crippen LogP contribution in [0.4, 0.5) is 0 Å². The Morgan fingerprint density at radius 3 is 1.46 bits per heavy atom. The predicted molar refractivity (Wildman–Crippen MR) is 231 cm³/mol. The van der Waals surface area contributed by atoms with Crippen molar-refractivity contribution < 1.29 is 0 Å². The van der Waals surface area contributed by atoms with Gasteiger partial charge in [0.1, 0.15) is 0 Å². The molecule has 0 saturated carbocycles. The number of hydrogen-bond acceptors (Lipinski definition) is 4. The van der Waals surface area contributed by atoms with Crippen LogP contribution in [0, 0.1) is 0 Å². The van der Waals surface area contributed by atoms with Crippen molar-refractivity contribution in [2.75, 3.05) is 0 Å². The summed E-state index contributed by atoms with van der Waals surface area (Å²) in [6.07, 6.45) is 0. The summed E-state index contributed by atoms with van der Waals surface area (Å²) >= 11 is 1.81. The highest BCUT2D eigenvalue weighted by Crippen LogP contribution is 2.64. The SMILES string of the molecule is c1ccc(-c2nc(-c3ccccc3-c3cccc4c3C3(c5ccccc5-c5ccccc53)c3ccccc3-4)nc(-c3cccc4sc5ccccc5c34)n2)cc1. The maximum absolute atomic E-state index is 5.40. The molecule has 0 bridgehead atoms. The van der Waals surface area contributed by atoms with Crippen LogP contribution in [-0.4, -0.2) is 15.0 Å². The minimum Gasteiger partial charge on any atom is -0.208 e. The molecule has 2 aliphatic rings. The highest BCUT2D eigenvalue weighted by molar-refractivity contribution is 7.25. The van der Waals surface area contributed by atoms with Gasteiger partial charge in [0.25, 0.3) is 0 Å². The summed E-state index contributed by atoms with van der Waals surface area (Å²) in [5, 5.41) is 2.39. The van der Waals surface area contributed by atoms with Gasteiger partial charge in [0.2, 0.25) is 0 Å². The van der Waals surface area contributed by atoms with Gasteiger partial charge in [-0.15, -0.1) is 11.3 Å². The Morgan fingerprint density at radius 2 is 0.768 bits per heavy atom. The molecule has 0 N–H and O–H groups in total. The highest BCUT2D eigenvalue weighted by Gasteiger charge is 2.52. The van der Waals surface area contributed by atoms with E-state index >= 15 is 0 Å². The van der Waals surface area contributed by atoms with Crippen LogP contribution in [0.1, 0.15) is 22.3 Å². The van der Waals surface area contributed by atoms with Gasteiger partial charge in [-0.05, 0) is 67.8 Å². The Labute approximate surface area is 328 Å². The van der Waals surface area contributed by atoms with Crippen molar-refractivity contribution >= 4 is 31.5 Å². The minimum atomic E-state index is -0.488. The molecule has 0 unspecified atom stereocenters. The Hall–Kier alpha value is -7.01. The summed E-state index contributed by atoms with van der Waals surface area (Å²) in [5.41, 5.74) is 15.1. The van der Waals surface area contributed by atoms with Crippen LogP contribution in [0.2, 0.25) is 0 Å². The largest absolute Gasteiger partial charge is 0.208 e. The van der Waals surface area contributed by atoms with Gasteiger partial charge in [0, 0.05) is 36.9 Å². The first-order chi connectivity index (χ1) is 27.8. The second-order valence-corrected chi connectivity index (χ2v) is 15.7. The van der Waals surface area contributed by atoms with Crippen LogP contribution in [-0.2, 0) is 5.41 Å². The van der Waals surface area contributed by atoms with Gasteiger partial charge in [0.15, 0.2) is 17.5 Å². The van der Waals surface area contributed by atoms with Gasteiger partial charge in [-0.25, -0.2) is 15.0 Å². The number of aromatic nitrogens is 3. The Balaban J connectivity index is 1.14. The molecule has 56 heavy (non-hydrogen) atoms. The molecule has 0 atom stereocenters. The second kappa shape index (κ2) is 12.0. The van der Waals surface area contributed by atoms with Crippen molar-refractivity contribution in [3.8, 4) is 67.5 Å².